The number of likely N-dealkylation sites (tertiary alicyclic amines) is 1. The molecule has 0 N–H and O–H groups in total. The highest BCUT2D eigenvalue weighted by Crippen LogP contribution is 2.34. The number of hydrogen-bond acceptors (Lipinski definition) is 2. The maximum atomic E-state index is 11.6. The smallest absolute Gasteiger partial charge is 0.237 e. The van der Waals surface area contributed by atoms with Crippen LogP contribution in [0, 0.1) is 0 Å². The molecule has 1 amide bonds. The molecule has 0 saturated carbocycles. The first-order valence-corrected chi connectivity index (χ1v) is 6.50. The number of benzene rings is 1. The molecule has 1 aromatic rings. The molecule has 2 saturated heterocycles. The quantitative estimate of drug-likeness (QED) is 0.747. The molecule has 2 aliphatic rings. The van der Waals surface area contributed by atoms with Gasteiger partial charge in [-0.15, -0.1) is 11.6 Å². The number of halogens is 1. The van der Waals surface area contributed by atoms with Gasteiger partial charge in [-0.05, 0) is 18.6 Å². The summed E-state index contributed by atoms with van der Waals surface area (Å²) in [5.74, 6) is 0.182. The van der Waals surface area contributed by atoms with Crippen LogP contribution in [0.2, 0.25) is 0 Å². The minimum atomic E-state index is 0.0758. The van der Waals surface area contributed by atoms with Crippen molar-refractivity contribution in [3.05, 3.63) is 30.3 Å². The van der Waals surface area contributed by atoms with E-state index in [0.717, 1.165) is 19.5 Å². The summed E-state index contributed by atoms with van der Waals surface area (Å²) in [7, 11) is 0. The molecule has 90 valence electrons. The predicted molar refractivity (Wildman–Crippen MR) is 68.4 cm³/mol. The van der Waals surface area contributed by atoms with Gasteiger partial charge in [-0.25, -0.2) is 0 Å². The number of fused-ring (bicyclic) bond motifs is 2. The average Bonchev–Trinajstić information content (AvgIpc) is 2.98. The highest BCUT2D eigenvalue weighted by Gasteiger charge is 2.44. The van der Waals surface area contributed by atoms with Crippen molar-refractivity contribution in [2.75, 3.05) is 23.9 Å². The van der Waals surface area contributed by atoms with Gasteiger partial charge in [0, 0.05) is 24.8 Å². The third kappa shape index (κ3) is 1.78. The molecule has 17 heavy (non-hydrogen) atoms. The zero-order valence-electron chi connectivity index (χ0n) is 9.55. The molecule has 2 aliphatic heterocycles. The van der Waals surface area contributed by atoms with Crippen molar-refractivity contribution in [2.24, 2.45) is 0 Å². The van der Waals surface area contributed by atoms with Gasteiger partial charge in [0.05, 0.1) is 6.04 Å². The van der Waals surface area contributed by atoms with Crippen LogP contribution in [0.15, 0.2) is 30.3 Å². The van der Waals surface area contributed by atoms with E-state index >= 15 is 0 Å². The molecule has 4 heteroatoms. The van der Waals surface area contributed by atoms with E-state index in [2.05, 4.69) is 29.2 Å². The molecule has 3 rings (SSSR count). The lowest BCUT2D eigenvalue weighted by Gasteiger charge is -2.35. The fourth-order valence-electron chi connectivity index (χ4n) is 2.98. The van der Waals surface area contributed by atoms with Crippen molar-refractivity contribution in [3.8, 4) is 0 Å². The number of hydrogen-bond donors (Lipinski definition) is 0. The standard InChI is InChI=1S/C13H15ClN2O/c14-7-13(17)16-9-11-6-12(16)8-15(11)10-4-2-1-3-5-10/h1-5,11-12H,6-9H2/t11-,12-/m0/s1. The number of rotatable bonds is 2. The van der Waals surface area contributed by atoms with Gasteiger partial charge in [0.1, 0.15) is 5.88 Å². The van der Waals surface area contributed by atoms with E-state index in [9.17, 15) is 4.79 Å². The molecular weight excluding hydrogens is 236 g/mol. The van der Waals surface area contributed by atoms with Crippen molar-refractivity contribution >= 4 is 23.2 Å². The van der Waals surface area contributed by atoms with Crippen LogP contribution in [-0.4, -0.2) is 41.9 Å². The summed E-state index contributed by atoms with van der Waals surface area (Å²) in [6.07, 6.45) is 1.08. The van der Waals surface area contributed by atoms with E-state index in [-0.39, 0.29) is 11.8 Å². The number of carbonyl (C=O) groups excluding carboxylic acids is 1. The first kappa shape index (κ1) is 10.9. The van der Waals surface area contributed by atoms with E-state index in [0.29, 0.717) is 12.1 Å². The van der Waals surface area contributed by atoms with Crippen molar-refractivity contribution < 1.29 is 4.79 Å². The molecule has 0 spiro atoms. The zero-order valence-corrected chi connectivity index (χ0v) is 10.3. The second kappa shape index (κ2) is 4.22. The summed E-state index contributed by atoms with van der Waals surface area (Å²) in [4.78, 5) is 16.0. The van der Waals surface area contributed by atoms with Crippen LogP contribution in [0.1, 0.15) is 6.42 Å². The Morgan fingerprint density at radius 1 is 1.24 bits per heavy atom. The molecule has 3 nitrogen and oxygen atoms in total. The number of nitrogens with zero attached hydrogens (tertiary/aromatic N) is 2. The Kier molecular flexibility index (Phi) is 2.71. The van der Waals surface area contributed by atoms with Crippen molar-refractivity contribution in [2.45, 2.75) is 18.5 Å². The second-order valence-corrected chi connectivity index (χ2v) is 4.98. The summed E-state index contributed by atoms with van der Waals surface area (Å²) >= 11 is 5.62. The Hall–Kier alpha value is -1.22. The lowest BCUT2D eigenvalue weighted by molar-refractivity contribution is -0.129. The van der Waals surface area contributed by atoms with Crippen LogP contribution >= 0.6 is 11.6 Å². The van der Waals surface area contributed by atoms with Gasteiger partial charge in [-0.1, -0.05) is 18.2 Å². The number of piperazine rings is 1. The maximum absolute atomic E-state index is 11.6. The van der Waals surface area contributed by atoms with Crippen LogP contribution in [0.4, 0.5) is 5.69 Å². The molecule has 0 radical (unpaired) electrons. The highest BCUT2D eigenvalue weighted by molar-refractivity contribution is 6.27. The Bertz CT molecular complexity index is 423. The van der Waals surface area contributed by atoms with Gasteiger partial charge >= 0.3 is 0 Å². The van der Waals surface area contributed by atoms with E-state index in [1.54, 1.807) is 0 Å². The predicted octanol–water partition coefficient (Wildman–Crippen LogP) is 1.71. The molecule has 0 unspecified atom stereocenters. The van der Waals surface area contributed by atoms with Crippen LogP contribution in [0.25, 0.3) is 0 Å². The van der Waals surface area contributed by atoms with Gasteiger partial charge in [0.15, 0.2) is 0 Å². The van der Waals surface area contributed by atoms with Gasteiger partial charge in [0.25, 0.3) is 0 Å². The largest absolute Gasteiger partial charge is 0.365 e. The van der Waals surface area contributed by atoms with Gasteiger partial charge in [-0.3, -0.25) is 4.79 Å². The van der Waals surface area contributed by atoms with Crippen LogP contribution < -0.4 is 4.90 Å². The minimum absolute atomic E-state index is 0.0758. The first-order chi connectivity index (χ1) is 8.29. The lowest BCUT2D eigenvalue weighted by atomic mass is 10.2. The Balaban J connectivity index is 1.74. The second-order valence-electron chi connectivity index (χ2n) is 4.71. The maximum Gasteiger partial charge on any atom is 0.237 e. The lowest BCUT2D eigenvalue weighted by Crippen LogP contribution is -2.49. The fraction of sp³-hybridized carbons (Fsp3) is 0.462. The van der Waals surface area contributed by atoms with Crippen LogP contribution in [0.5, 0.6) is 0 Å². The monoisotopic (exact) mass is 250 g/mol. The summed E-state index contributed by atoms with van der Waals surface area (Å²) in [5.41, 5.74) is 1.26. The number of carbonyl (C=O) groups is 1. The Morgan fingerprint density at radius 2 is 2.00 bits per heavy atom. The molecular formula is C13H15ClN2O. The van der Waals surface area contributed by atoms with Gasteiger partial charge in [-0.2, -0.15) is 0 Å². The van der Waals surface area contributed by atoms with E-state index in [1.165, 1.54) is 5.69 Å². The molecule has 2 heterocycles. The van der Waals surface area contributed by atoms with E-state index in [4.69, 9.17) is 11.6 Å². The third-order valence-electron chi connectivity index (χ3n) is 3.76. The van der Waals surface area contributed by atoms with E-state index in [1.807, 2.05) is 11.0 Å². The molecule has 2 atom stereocenters. The number of alkyl halides is 1. The highest BCUT2D eigenvalue weighted by atomic mass is 35.5. The molecule has 1 aromatic carbocycles. The molecule has 0 aliphatic carbocycles. The summed E-state index contributed by atoms with van der Waals surface area (Å²) in [5, 5.41) is 0. The van der Waals surface area contributed by atoms with Crippen LogP contribution in [0.3, 0.4) is 0 Å². The van der Waals surface area contributed by atoms with E-state index < -0.39 is 0 Å². The molecule has 2 bridgehead atoms. The number of amides is 1. The van der Waals surface area contributed by atoms with Crippen LogP contribution in [-0.2, 0) is 4.79 Å². The Labute approximate surface area is 106 Å². The van der Waals surface area contributed by atoms with Crippen molar-refractivity contribution in [3.63, 3.8) is 0 Å². The summed E-state index contributed by atoms with van der Waals surface area (Å²) in [6, 6.07) is 11.2. The number of anilines is 1. The average molecular weight is 251 g/mol. The molecule has 0 aromatic heterocycles. The Morgan fingerprint density at radius 3 is 2.59 bits per heavy atom. The topological polar surface area (TPSA) is 23.6 Å². The van der Waals surface area contributed by atoms with Crippen molar-refractivity contribution in [1.29, 1.82) is 0 Å². The van der Waals surface area contributed by atoms with Crippen molar-refractivity contribution in [1.82, 2.24) is 4.90 Å². The normalized spacial score (nSPS) is 26.6. The van der Waals surface area contributed by atoms with Gasteiger partial charge in [0.2, 0.25) is 5.91 Å². The summed E-state index contributed by atoms with van der Waals surface area (Å²) < 4.78 is 0. The minimum Gasteiger partial charge on any atom is -0.365 e. The fourth-order valence-corrected chi connectivity index (χ4v) is 3.14. The molecule has 2 fully saturated rings. The first-order valence-electron chi connectivity index (χ1n) is 5.96. The number of para-hydroxylation sites is 1. The zero-order chi connectivity index (χ0) is 11.8. The summed E-state index contributed by atoms with van der Waals surface area (Å²) in [6.45, 7) is 1.77. The van der Waals surface area contributed by atoms with Gasteiger partial charge < -0.3 is 9.80 Å². The SMILES string of the molecule is O=C(CCl)N1C[C@@H]2C[C@H]1CN2c1ccccc1. The third-order valence-corrected chi connectivity index (χ3v) is 3.99.